The van der Waals surface area contributed by atoms with Crippen LogP contribution in [-0.2, 0) is 16.1 Å². The summed E-state index contributed by atoms with van der Waals surface area (Å²) in [5, 5.41) is 30.4. The number of aliphatic hydroxyl groups is 2. The lowest BCUT2D eigenvalue weighted by atomic mass is 10.2. The summed E-state index contributed by atoms with van der Waals surface area (Å²) in [6.45, 7) is 1.80. The number of hydrogen-bond acceptors (Lipinski definition) is 12. The quantitative estimate of drug-likeness (QED) is 0.211. The van der Waals surface area contributed by atoms with E-state index in [1.165, 1.54) is 13.8 Å². The maximum absolute atomic E-state index is 10.9. The van der Waals surface area contributed by atoms with Crippen molar-refractivity contribution in [1.82, 2.24) is 19.6 Å². The van der Waals surface area contributed by atoms with Crippen molar-refractivity contribution >= 4 is 22.8 Å². The molecular formula is C11H24N6O8S. The van der Waals surface area contributed by atoms with Crippen LogP contribution < -0.4 is 20.9 Å². The predicted octanol–water partition coefficient (Wildman–Crippen LogP) is -2.35. The summed E-state index contributed by atoms with van der Waals surface area (Å²) in [7, 11) is -3.73. The molecule has 0 aromatic carbocycles. The first kappa shape index (κ1) is 24.1. The Bertz CT molecular complexity index is 579. The van der Waals surface area contributed by atoms with Crippen LogP contribution in [0.25, 0.3) is 0 Å². The lowest BCUT2D eigenvalue weighted by Crippen LogP contribution is -2.48. The highest BCUT2D eigenvalue weighted by Crippen LogP contribution is 2.29. The first-order valence-electron chi connectivity index (χ1n) is 7.05. The van der Waals surface area contributed by atoms with E-state index in [9.17, 15) is 23.8 Å². The molecule has 1 aromatic heterocycles. The van der Waals surface area contributed by atoms with Gasteiger partial charge in [-0.05, 0) is 6.92 Å². The third kappa shape index (κ3) is 9.59. The molecule has 3 unspecified atom stereocenters. The Morgan fingerprint density at radius 3 is 2.35 bits per heavy atom. The average Bonchev–Trinajstić information content (AvgIpc) is 2.98. The number of nitrogens with two attached hydrogens (primary N) is 2. The fourth-order valence-electron chi connectivity index (χ4n) is 1.31. The molecule has 1 aromatic rings. The van der Waals surface area contributed by atoms with Crippen molar-refractivity contribution in [3.8, 4) is 0 Å². The fourth-order valence-corrected chi connectivity index (χ4v) is 2.37. The molecule has 26 heavy (non-hydrogen) atoms. The van der Waals surface area contributed by atoms with Gasteiger partial charge in [0.1, 0.15) is 6.04 Å². The van der Waals surface area contributed by atoms with Crippen LogP contribution in [0, 0.1) is 0 Å². The fraction of sp³-hybridized carbons (Fsp3) is 0.636. The van der Waals surface area contributed by atoms with Crippen LogP contribution in [0.15, 0.2) is 4.52 Å². The van der Waals surface area contributed by atoms with Crippen molar-refractivity contribution in [2.75, 3.05) is 6.61 Å². The standard InChI is InChI=1S/C9H19N5O7S.C2H5NO/c1-4(16)7(9(17)18)14-22(19,20)11-2-6-12-8(13-21-6)5(10)3-15;1-2(3)4/h4-5,7,11,14-16,19-20H,2-3,10H2,1H3,(H,17,18);1H3,(H2,3,4). The van der Waals surface area contributed by atoms with Crippen LogP contribution in [0.4, 0.5) is 0 Å². The SMILES string of the molecule is CC(N)=O.CC(O)C(NS(O)(O)NCc1nc(C(N)CO)no1)C(=O)O. The van der Waals surface area contributed by atoms with E-state index in [4.69, 9.17) is 20.5 Å². The molecule has 0 saturated heterocycles. The van der Waals surface area contributed by atoms with Crippen LogP contribution in [0.1, 0.15) is 31.6 Å². The summed E-state index contributed by atoms with van der Waals surface area (Å²) in [5.41, 5.74) is 9.94. The Kier molecular flexibility index (Phi) is 10.2. The van der Waals surface area contributed by atoms with Crippen LogP contribution >= 0.6 is 11.0 Å². The number of nitrogens with zero attached hydrogens (tertiary/aromatic N) is 2. The van der Waals surface area contributed by atoms with E-state index in [2.05, 4.69) is 20.6 Å². The number of aromatic nitrogens is 2. The molecule has 14 nitrogen and oxygen atoms in total. The molecule has 11 N–H and O–H groups in total. The molecular weight excluding hydrogens is 376 g/mol. The summed E-state index contributed by atoms with van der Waals surface area (Å²) in [5.74, 6) is -1.80. The second kappa shape index (κ2) is 11.0. The second-order valence-corrected chi connectivity index (χ2v) is 6.61. The van der Waals surface area contributed by atoms with E-state index < -0.39 is 41.7 Å². The zero-order chi connectivity index (χ0) is 20.5. The minimum Gasteiger partial charge on any atom is -0.480 e. The van der Waals surface area contributed by atoms with Crippen molar-refractivity contribution in [1.29, 1.82) is 0 Å². The third-order valence-corrected chi connectivity index (χ3v) is 3.61. The number of hydrogen-bond donors (Lipinski definition) is 9. The molecule has 1 rings (SSSR count). The van der Waals surface area contributed by atoms with Gasteiger partial charge in [-0.2, -0.15) is 14.4 Å². The molecule has 0 fully saturated rings. The summed E-state index contributed by atoms with van der Waals surface area (Å²) in [6.07, 6.45) is -1.36. The first-order valence-corrected chi connectivity index (χ1v) is 8.60. The molecule has 0 aliphatic carbocycles. The topological polar surface area (TPSA) is 250 Å². The van der Waals surface area contributed by atoms with Gasteiger partial charge < -0.3 is 31.3 Å². The molecule has 3 atom stereocenters. The van der Waals surface area contributed by atoms with Crippen molar-refractivity contribution in [3.05, 3.63) is 11.7 Å². The number of carboxylic acid groups (broad SMARTS) is 1. The lowest BCUT2D eigenvalue weighted by molar-refractivity contribution is -0.141. The summed E-state index contributed by atoms with van der Waals surface area (Å²) in [4.78, 5) is 23.9. The Balaban J connectivity index is 0.00000141. The number of nitrogens with one attached hydrogen (secondary N) is 2. The third-order valence-electron chi connectivity index (χ3n) is 2.48. The molecule has 1 amide bonds. The van der Waals surface area contributed by atoms with Crippen molar-refractivity contribution in [3.63, 3.8) is 0 Å². The Hall–Kier alpha value is -1.85. The largest absolute Gasteiger partial charge is 0.480 e. The van der Waals surface area contributed by atoms with Gasteiger partial charge in [0.25, 0.3) is 0 Å². The summed E-state index contributed by atoms with van der Waals surface area (Å²) < 4.78 is 28.3. The monoisotopic (exact) mass is 400 g/mol. The number of primary amides is 1. The van der Waals surface area contributed by atoms with Crippen LogP contribution in [0.5, 0.6) is 0 Å². The van der Waals surface area contributed by atoms with Crippen molar-refractivity contribution < 1.29 is 38.5 Å². The van der Waals surface area contributed by atoms with E-state index in [0.717, 1.165) is 0 Å². The highest BCUT2D eigenvalue weighted by Gasteiger charge is 2.28. The van der Waals surface area contributed by atoms with Gasteiger partial charge in [0, 0.05) is 6.92 Å². The van der Waals surface area contributed by atoms with E-state index in [-0.39, 0.29) is 24.2 Å². The molecule has 0 aliphatic rings. The average molecular weight is 400 g/mol. The van der Waals surface area contributed by atoms with E-state index in [1.54, 1.807) is 0 Å². The number of rotatable bonds is 9. The van der Waals surface area contributed by atoms with Crippen molar-refractivity contribution in [2.24, 2.45) is 11.5 Å². The first-order chi connectivity index (χ1) is 11.9. The van der Waals surface area contributed by atoms with Gasteiger partial charge in [0.15, 0.2) is 5.82 Å². The molecule has 0 saturated carbocycles. The minimum atomic E-state index is -3.73. The van der Waals surface area contributed by atoms with E-state index >= 15 is 0 Å². The number of carboxylic acids is 1. The number of aliphatic carboxylic acids is 1. The van der Waals surface area contributed by atoms with Gasteiger partial charge in [-0.25, -0.2) is 0 Å². The smallest absolute Gasteiger partial charge is 0.325 e. The molecule has 0 spiro atoms. The zero-order valence-electron chi connectivity index (χ0n) is 14.1. The molecule has 15 heteroatoms. The summed E-state index contributed by atoms with van der Waals surface area (Å²) >= 11 is 0. The van der Waals surface area contributed by atoms with Crippen molar-refractivity contribution in [2.45, 2.75) is 38.6 Å². The maximum Gasteiger partial charge on any atom is 0.325 e. The van der Waals surface area contributed by atoms with Gasteiger partial charge in [-0.1, -0.05) is 16.1 Å². The van der Waals surface area contributed by atoms with Gasteiger partial charge in [-0.15, -0.1) is 0 Å². The summed E-state index contributed by atoms with van der Waals surface area (Å²) in [6, 6.07) is -2.42. The molecule has 152 valence electrons. The maximum atomic E-state index is 10.9. The zero-order valence-corrected chi connectivity index (χ0v) is 14.9. The number of carbonyl (C=O) groups is 2. The van der Waals surface area contributed by atoms with Gasteiger partial charge in [-0.3, -0.25) is 18.7 Å². The number of amides is 1. The Labute approximate surface area is 150 Å². The Morgan fingerprint density at radius 1 is 1.38 bits per heavy atom. The normalized spacial score (nSPS) is 15.3. The van der Waals surface area contributed by atoms with Crippen LogP contribution in [-0.4, -0.2) is 65.2 Å². The Morgan fingerprint density at radius 2 is 1.92 bits per heavy atom. The second-order valence-electron chi connectivity index (χ2n) is 4.99. The lowest BCUT2D eigenvalue weighted by Gasteiger charge is -2.35. The highest BCUT2D eigenvalue weighted by molar-refractivity contribution is 8.21. The molecule has 0 aliphatic heterocycles. The van der Waals surface area contributed by atoms with E-state index in [0.29, 0.717) is 0 Å². The molecule has 0 radical (unpaired) electrons. The molecule has 0 bridgehead atoms. The minimum absolute atomic E-state index is 0.0381. The van der Waals surface area contributed by atoms with Gasteiger partial charge in [0.2, 0.25) is 11.8 Å². The predicted molar refractivity (Wildman–Crippen MR) is 89.1 cm³/mol. The van der Waals surface area contributed by atoms with Crippen LogP contribution in [0.2, 0.25) is 0 Å². The number of carbonyl (C=O) groups excluding carboxylic acids is 1. The number of aliphatic hydroxyl groups excluding tert-OH is 2. The van der Waals surface area contributed by atoms with Gasteiger partial charge >= 0.3 is 5.97 Å². The van der Waals surface area contributed by atoms with Crippen LogP contribution in [0.3, 0.4) is 0 Å². The highest BCUT2D eigenvalue weighted by atomic mass is 32.3. The molecule has 1 heterocycles. The van der Waals surface area contributed by atoms with Gasteiger partial charge in [0.05, 0.1) is 25.3 Å². The van der Waals surface area contributed by atoms with E-state index in [1.807, 2.05) is 4.72 Å².